The maximum Gasteiger partial charge on any atom is 0.410 e. The van der Waals surface area contributed by atoms with E-state index >= 15 is 0 Å². The number of likely N-dealkylation sites (N-methyl/N-ethyl adjacent to an activating group) is 1. The zero-order valence-electron chi connectivity index (χ0n) is 11.3. The molecule has 0 bridgehead atoms. The molecule has 1 aromatic rings. The number of amides is 2. The summed E-state index contributed by atoms with van der Waals surface area (Å²) in [6.45, 7) is 0.262. The second-order valence-corrected chi connectivity index (χ2v) is 4.71. The van der Waals surface area contributed by atoms with Crippen molar-refractivity contribution in [3.63, 3.8) is 0 Å². The third kappa shape index (κ3) is 3.27. The molecule has 0 aromatic heterocycles. The Labute approximate surface area is 117 Å². The van der Waals surface area contributed by atoms with Crippen LogP contribution in [0.2, 0.25) is 0 Å². The lowest BCUT2D eigenvalue weighted by Crippen LogP contribution is -2.45. The van der Waals surface area contributed by atoms with Gasteiger partial charge >= 0.3 is 6.09 Å². The molecular formula is C14H18N2O4. The maximum atomic E-state index is 12.0. The molecule has 1 heterocycles. The Morgan fingerprint density at radius 3 is 2.75 bits per heavy atom. The molecule has 6 nitrogen and oxygen atoms in total. The van der Waals surface area contributed by atoms with E-state index < -0.39 is 18.2 Å². The molecule has 6 heteroatoms. The Morgan fingerprint density at radius 1 is 1.40 bits per heavy atom. The minimum Gasteiger partial charge on any atom is -0.445 e. The maximum absolute atomic E-state index is 12.0. The molecule has 2 atom stereocenters. The van der Waals surface area contributed by atoms with E-state index in [9.17, 15) is 14.7 Å². The number of aliphatic hydroxyl groups excluding tert-OH is 1. The quantitative estimate of drug-likeness (QED) is 0.844. The van der Waals surface area contributed by atoms with Crippen LogP contribution in [0.3, 0.4) is 0 Å². The number of hydrogen-bond acceptors (Lipinski definition) is 4. The number of benzene rings is 1. The van der Waals surface area contributed by atoms with Crippen molar-refractivity contribution >= 4 is 12.0 Å². The van der Waals surface area contributed by atoms with Crippen LogP contribution in [0.4, 0.5) is 4.79 Å². The highest BCUT2D eigenvalue weighted by atomic mass is 16.6. The van der Waals surface area contributed by atoms with Crippen molar-refractivity contribution in [2.45, 2.75) is 25.2 Å². The molecule has 0 aliphatic carbocycles. The molecule has 0 spiro atoms. The van der Waals surface area contributed by atoms with Crippen molar-refractivity contribution in [2.24, 2.45) is 0 Å². The molecular weight excluding hydrogens is 260 g/mol. The van der Waals surface area contributed by atoms with Gasteiger partial charge in [-0.1, -0.05) is 30.3 Å². The van der Waals surface area contributed by atoms with Gasteiger partial charge in [0.15, 0.2) is 0 Å². The molecule has 0 unspecified atom stereocenters. The van der Waals surface area contributed by atoms with Crippen molar-refractivity contribution in [3.8, 4) is 0 Å². The van der Waals surface area contributed by atoms with Gasteiger partial charge < -0.3 is 15.2 Å². The van der Waals surface area contributed by atoms with Crippen LogP contribution in [0.15, 0.2) is 30.3 Å². The van der Waals surface area contributed by atoms with E-state index in [0.717, 1.165) is 5.56 Å². The standard InChI is InChI=1S/C14H18N2O4/c1-15-13(18)12-7-11(17)8-16(12)14(19)20-9-10-5-3-2-4-6-10/h2-6,11-12,17H,7-9H2,1H3,(H,15,18)/t11-,12-/m0/s1. The third-order valence-corrected chi connectivity index (χ3v) is 3.27. The highest BCUT2D eigenvalue weighted by molar-refractivity contribution is 5.86. The summed E-state index contributed by atoms with van der Waals surface area (Å²) in [6.07, 6.45) is -1.04. The number of likely N-dealkylation sites (tertiary alicyclic amines) is 1. The van der Waals surface area contributed by atoms with Crippen LogP contribution >= 0.6 is 0 Å². The van der Waals surface area contributed by atoms with Gasteiger partial charge in [0.2, 0.25) is 5.91 Å². The number of aliphatic hydroxyl groups is 1. The average Bonchev–Trinajstić information content (AvgIpc) is 2.87. The Bertz CT molecular complexity index is 477. The van der Waals surface area contributed by atoms with E-state index in [1.54, 1.807) is 0 Å². The molecule has 0 radical (unpaired) electrons. The predicted molar refractivity (Wildman–Crippen MR) is 71.8 cm³/mol. The van der Waals surface area contributed by atoms with Gasteiger partial charge in [-0.3, -0.25) is 9.69 Å². The van der Waals surface area contributed by atoms with E-state index in [1.165, 1.54) is 11.9 Å². The van der Waals surface area contributed by atoms with Crippen molar-refractivity contribution in [3.05, 3.63) is 35.9 Å². The van der Waals surface area contributed by atoms with Gasteiger partial charge in [-0.05, 0) is 5.56 Å². The van der Waals surface area contributed by atoms with Crippen molar-refractivity contribution < 1.29 is 19.4 Å². The van der Waals surface area contributed by atoms with Crippen LogP contribution in [0.25, 0.3) is 0 Å². The molecule has 1 fully saturated rings. The van der Waals surface area contributed by atoms with Crippen LogP contribution in [0.1, 0.15) is 12.0 Å². The van der Waals surface area contributed by atoms with Crippen molar-refractivity contribution in [1.82, 2.24) is 10.2 Å². The summed E-state index contributed by atoms with van der Waals surface area (Å²) in [5.41, 5.74) is 0.872. The van der Waals surface area contributed by atoms with Gasteiger partial charge in [0.05, 0.1) is 12.6 Å². The molecule has 2 N–H and O–H groups in total. The predicted octanol–water partition coefficient (Wildman–Crippen LogP) is 0.504. The topological polar surface area (TPSA) is 78.9 Å². The first-order chi connectivity index (χ1) is 9.61. The molecule has 108 valence electrons. The molecule has 1 aromatic carbocycles. The number of carbonyl (C=O) groups is 2. The van der Waals surface area contributed by atoms with E-state index in [1.807, 2.05) is 30.3 Å². The van der Waals surface area contributed by atoms with Gasteiger partial charge in [0, 0.05) is 13.5 Å². The number of hydrogen-bond donors (Lipinski definition) is 2. The number of carbonyl (C=O) groups excluding carboxylic acids is 2. The molecule has 1 aliphatic heterocycles. The molecule has 2 amide bonds. The van der Waals surface area contributed by atoms with Crippen molar-refractivity contribution in [1.29, 1.82) is 0 Å². The second kappa shape index (κ2) is 6.38. The Hall–Kier alpha value is -2.08. The number of rotatable bonds is 3. The van der Waals surface area contributed by atoms with Gasteiger partial charge in [-0.15, -0.1) is 0 Å². The Morgan fingerprint density at radius 2 is 2.10 bits per heavy atom. The number of nitrogens with one attached hydrogen (secondary N) is 1. The summed E-state index contributed by atoms with van der Waals surface area (Å²) in [5, 5.41) is 12.1. The highest BCUT2D eigenvalue weighted by Gasteiger charge is 2.39. The summed E-state index contributed by atoms with van der Waals surface area (Å²) in [6, 6.07) is 8.62. The molecule has 2 rings (SSSR count). The Kier molecular flexibility index (Phi) is 4.57. The van der Waals surface area contributed by atoms with Crippen LogP contribution in [-0.2, 0) is 16.1 Å². The number of nitrogens with zero attached hydrogens (tertiary/aromatic N) is 1. The first-order valence-corrected chi connectivity index (χ1v) is 6.48. The first kappa shape index (κ1) is 14.3. The first-order valence-electron chi connectivity index (χ1n) is 6.48. The molecule has 1 aliphatic rings. The summed E-state index contributed by atoms with van der Waals surface area (Å²) in [7, 11) is 1.50. The van der Waals surface area contributed by atoms with Crippen LogP contribution in [-0.4, -0.2) is 47.7 Å². The average molecular weight is 278 g/mol. The van der Waals surface area contributed by atoms with Gasteiger partial charge in [0.1, 0.15) is 12.6 Å². The largest absolute Gasteiger partial charge is 0.445 e. The van der Waals surface area contributed by atoms with E-state index in [2.05, 4.69) is 5.32 Å². The molecule has 1 saturated heterocycles. The zero-order chi connectivity index (χ0) is 14.5. The normalized spacial score (nSPS) is 21.6. The minimum atomic E-state index is -0.693. The van der Waals surface area contributed by atoms with E-state index in [-0.39, 0.29) is 25.5 Å². The zero-order valence-corrected chi connectivity index (χ0v) is 11.3. The fourth-order valence-corrected chi connectivity index (χ4v) is 2.23. The summed E-state index contributed by atoms with van der Waals surface area (Å²) >= 11 is 0. The summed E-state index contributed by atoms with van der Waals surface area (Å²) < 4.78 is 5.18. The minimum absolute atomic E-state index is 0.117. The summed E-state index contributed by atoms with van der Waals surface area (Å²) in [5.74, 6) is -0.293. The Balaban J connectivity index is 1.95. The lowest BCUT2D eigenvalue weighted by Gasteiger charge is -2.22. The third-order valence-electron chi connectivity index (χ3n) is 3.27. The molecule has 0 saturated carbocycles. The van der Waals surface area contributed by atoms with Gasteiger partial charge in [-0.2, -0.15) is 0 Å². The monoisotopic (exact) mass is 278 g/mol. The van der Waals surface area contributed by atoms with E-state index in [0.29, 0.717) is 0 Å². The highest BCUT2D eigenvalue weighted by Crippen LogP contribution is 2.19. The van der Waals surface area contributed by atoms with Crippen molar-refractivity contribution in [2.75, 3.05) is 13.6 Å². The lowest BCUT2D eigenvalue weighted by atomic mass is 10.2. The van der Waals surface area contributed by atoms with E-state index in [4.69, 9.17) is 4.74 Å². The SMILES string of the molecule is CNC(=O)[C@@H]1C[C@H](O)CN1C(=O)OCc1ccccc1. The smallest absolute Gasteiger partial charge is 0.410 e. The summed E-state index contributed by atoms with van der Waals surface area (Å²) in [4.78, 5) is 25.0. The van der Waals surface area contributed by atoms with Gasteiger partial charge in [0.25, 0.3) is 0 Å². The fraction of sp³-hybridized carbons (Fsp3) is 0.429. The second-order valence-electron chi connectivity index (χ2n) is 4.71. The lowest BCUT2D eigenvalue weighted by molar-refractivity contribution is -0.124. The van der Waals surface area contributed by atoms with Crippen LogP contribution in [0, 0.1) is 0 Å². The van der Waals surface area contributed by atoms with Crippen LogP contribution in [0.5, 0.6) is 0 Å². The number of β-amino-alcohol motifs (C(OH)–C–C–N with tert-alkyl or cyclic N) is 1. The number of ether oxygens (including phenoxy) is 1. The van der Waals surface area contributed by atoms with Crippen LogP contribution < -0.4 is 5.32 Å². The molecule has 20 heavy (non-hydrogen) atoms. The van der Waals surface area contributed by atoms with Gasteiger partial charge in [-0.25, -0.2) is 4.79 Å². The fourth-order valence-electron chi connectivity index (χ4n) is 2.23.